The zero-order chi connectivity index (χ0) is 17.0. The lowest BCUT2D eigenvalue weighted by atomic mass is 9.95. The number of aryl methyl sites for hydroxylation is 2. The van der Waals surface area contributed by atoms with Crippen LogP contribution in [0.4, 0.5) is 5.69 Å². The fourth-order valence-electron chi connectivity index (χ4n) is 3.17. The number of anilines is 1. The van der Waals surface area contributed by atoms with Crippen molar-refractivity contribution in [1.29, 1.82) is 0 Å². The van der Waals surface area contributed by atoms with Gasteiger partial charge < -0.3 is 15.0 Å². The number of aliphatic hydroxyl groups is 1. The van der Waals surface area contributed by atoms with Crippen LogP contribution in [0.5, 0.6) is 0 Å². The Balaban J connectivity index is 2.60. The average Bonchev–Trinajstić information content (AvgIpc) is 2.47. The van der Waals surface area contributed by atoms with Crippen LogP contribution in [0.25, 0.3) is 0 Å². The molecule has 4 nitrogen and oxygen atoms in total. The van der Waals surface area contributed by atoms with Crippen LogP contribution in [-0.2, 0) is 12.8 Å². The average molecular weight is 314 g/mol. The number of aliphatic hydroxyl groups excluding tert-OH is 1. The molecular formula is C19H26N2O2. The van der Waals surface area contributed by atoms with E-state index in [1.807, 2.05) is 24.9 Å². The van der Waals surface area contributed by atoms with E-state index in [-0.39, 0.29) is 12.2 Å². The molecule has 0 fully saturated rings. The summed E-state index contributed by atoms with van der Waals surface area (Å²) >= 11 is 0. The monoisotopic (exact) mass is 314 g/mol. The van der Waals surface area contributed by atoms with E-state index in [4.69, 9.17) is 0 Å². The van der Waals surface area contributed by atoms with Gasteiger partial charge in [0.05, 0.1) is 6.61 Å². The summed E-state index contributed by atoms with van der Waals surface area (Å²) in [5.41, 5.74) is 6.18. The largest absolute Gasteiger partial charge is 0.395 e. The van der Waals surface area contributed by atoms with Gasteiger partial charge in [-0.1, -0.05) is 36.8 Å². The van der Waals surface area contributed by atoms with Gasteiger partial charge in [0.1, 0.15) is 5.69 Å². The molecule has 0 aliphatic carbocycles. The summed E-state index contributed by atoms with van der Waals surface area (Å²) in [5, 5.41) is 9.23. The van der Waals surface area contributed by atoms with Crippen molar-refractivity contribution in [2.24, 2.45) is 0 Å². The summed E-state index contributed by atoms with van der Waals surface area (Å²) in [6.45, 7) is 6.60. The Morgan fingerprint density at radius 3 is 2.57 bits per heavy atom. The topological polar surface area (TPSA) is 56.3 Å². The Kier molecular flexibility index (Phi) is 5.61. The molecule has 0 aliphatic heterocycles. The Morgan fingerprint density at radius 1 is 1.22 bits per heavy atom. The third kappa shape index (κ3) is 3.82. The summed E-state index contributed by atoms with van der Waals surface area (Å²) in [5.74, 6) is 0. The number of nitrogens with zero attached hydrogens (tertiary/aromatic N) is 1. The third-order valence-electron chi connectivity index (χ3n) is 4.25. The molecule has 0 unspecified atom stereocenters. The van der Waals surface area contributed by atoms with Crippen LogP contribution >= 0.6 is 0 Å². The van der Waals surface area contributed by atoms with Crippen LogP contribution in [0.15, 0.2) is 29.1 Å². The van der Waals surface area contributed by atoms with Gasteiger partial charge in [0.15, 0.2) is 0 Å². The van der Waals surface area contributed by atoms with E-state index in [2.05, 4.69) is 37.0 Å². The fourth-order valence-corrected chi connectivity index (χ4v) is 3.17. The molecule has 1 aromatic heterocycles. The molecule has 0 saturated heterocycles. The van der Waals surface area contributed by atoms with E-state index in [9.17, 15) is 9.90 Å². The van der Waals surface area contributed by atoms with E-state index in [0.29, 0.717) is 12.2 Å². The van der Waals surface area contributed by atoms with E-state index in [1.165, 1.54) is 16.7 Å². The number of pyridine rings is 1. The van der Waals surface area contributed by atoms with Crippen LogP contribution in [0, 0.1) is 13.8 Å². The van der Waals surface area contributed by atoms with Crippen LogP contribution in [-0.4, -0.2) is 30.3 Å². The van der Waals surface area contributed by atoms with E-state index >= 15 is 0 Å². The molecule has 2 N–H and O–H groups in total. The molecule has 0 saturated carbocycles. The van der Waals surface area contributed by atoms with Gasteiger partial charge in [-0.15, -0.1) is 0 Å². The number of aromatic amines is 1. The standard InChI is InChI=1S/C19H26N2O2/c1-5-16-14(3)20-19(23)18(21(4)9-10-22)17(16)12-15-8-6-7-13(2)11-15/h6-8,11,22H,5,9-10,12H2,1-4H3,(H,20,23). The molecule has 0 bridgehead atoms. The first-order chi connectivity index (χ1) is 11.0. The van der Waals surface area contributed by atoms with E-state index in [0.717, 1.165) is 24.1 Å². The molecule has 23 heavy (non-hydrogen) atoms. The molecule has 0 atom stereocenters. The molecular weight excluding hydrogens is 288 g/mol. The van der Waals surface area contributed by atoms with Crippen LogP contribution in [0.3, 0.4) is 0 Å². The molecule has 0 spiro atoms. The smallest absolute Gasteiger partial charge is 0.271 e. The van der Waals surface area contributed by atoms with Crippen molar-refractivity contribution in [2.45, 2.75) is 33.6 Å². The number of aromatic nitrogens is 1. The van der Waals surface area contributed by atoms with Gasteiger partial charge in [0.25, 0.3) is 5.56 Å². The third-order valence-corrected chi connectivity index (χ3v) is 4.25. The zero-order valence-electron chi connectivity index (χ0n) is 14.4. The van der Waals surface area contributed by atoms with Gasteiger partial charge in [0, 0.05) is 25.7 Å². The highest BCUT2D eigenvalue weighted by Gasteiger charge is 2.18. The number of nitrogens with one attached hydrogen (secondary N) is 1. The van der Waals surface area contributed by atoms with Crippen molar-refractivity contribution >= 4 is 5.69 Å². The number of H-pyrrole nitrogens is 1. The Labute approximate surface area is 137 Å². The molecule has 1 aromatic carbocycles. The zero-order valence-corrected chi connectivity index (χ0v) is 14.4. The molecule has 0 amide bonds. The quantitative estimate of drug-likeness (QED) is 0.861. The summed E-state index contributed by atoms with van der Waals surface area (Å²) in [7, 11) is 1.86. The molecule has 0 aliphatic rings. The maximum atomic E-state index is 12.5. The second-order valence-electron chi connectivity index (χ2n) is 6.05. The summed E-state index contributed by atoms with van der Waals surface area (Å²) in [6.07, 6.45) is 1.59. The van der Waals surface area contributed by atoms with Crippen molar-refractivity contribution in [3.8, 4) is 0 Å². The van der Waals surface area contributed by atoms with Crippen LogP contribution < -0.4 is 10.5 Å². The molecule has 2 rings (SSSR count). The number of hydrogen-bond acceptors (Lipinski definition) is 3. The van der Waals surface area contributed by atoms with Gasteiger partial charge in [-0.2, -0.15) is 0 Å². The Bertz CT molecular complexity index is 735. The van der Waals surface area contributed by atoms with Gasteiger partial charge in [0.2, 0.25) is 0 Å². The lowest BCUT2D eigenvalue weighted by Gasteiger charge is -2.23. The Morgan fingerprint density at radius 2 is 1.96 bits per heavy atom. The highest BCUT2D eigenvalue weighted by atomic mass is 16.3. The number of rotatable bonds is 6. The first-order valence-electron chi connectivity index (χ1n) is 8.10. The molecule has 0 radical (unpaired) electrons. The second-order valence-corrected chi connectivity index (χ2v) is 6.05. The summed E-state index contributed by atoms with van der Waals surface area (Å²) < 4.78 is 0. The SMILES string of the molecule is CCc1c(C)[nH]c(=O)c(N(C)CCO)c1Cc1cccc(C)c1. The first-order valence-corrected chi connectivity index (χ1v) is 8.10. The van der Waals surface area contributed by atoms with Crippen LogP contribution in [0.1, 0.15) is 34.9 Å². The first kappa shape index (κ1) is 17.3. The maximum absolute atomic E-state index is 12.5. The second kappa shape index (κ2) is 7.47. The number of hydrogen-bond donors (Lipinski definition) is 2. The number of benzene rings is 1. The van der Waals surface area contributed by atoms with Crippen molar-refractivity contribution in [3.05, 3.63) is 62.6 Å². The molecule has 2 aromatic rings. The minimum absolute atomic E-state index is 0.0230. The lowest BCUT2D eigenvalue weighted by molar-refractivity contribution is 0.304. The van der Waals surface area contributed by atoms with Gasteiger partial charge in [-0.25, -0.2) is 0 Å². The maximum Gasteiger partial charge on any atom is 0.271 e. The van der Waals surface area contributed by atoms with Crippen molar-refractivity contribution in [1.82, 2.24) is 4.98 Å². The summed E-state index contributed by atoms with van der Waals surface area (Å²) in [4.78, 5) is 17.3. The van der Waals surface area contributed by atoms with Gasteiger partial charge >= 0.3 is 0 Å². The number of likely N-dealkylation sites (N-methyl/N-ethyl adjacent to an activating group) is 1. The Hall–Kier alpha value is -2.07. The normalized spacial score (nSPS) is 10.8. The van der Waals surface area contributed by atoms with Gasteiger partial charge in [-0.3, -0.25) is 4.79 Å². The van der Waals surface area contributed by atoms with E-state index in [1.54, 1.807) is 0 Å². The van der Waals surface area contributed by atoms with Crippen molar-refractivity contribution in [3.63, 3.8) is 0 Å². The molecule has 4 heteroatoms. The fraction of sp³-hybridized carbons (Fsp3) is 0.421. The van der Waals surface area contributed by atoms with Gasteiger partial charge in [-0.05, 0) is 37.0 Å². The molecule has 124 valence electrons. The molecule has 1 heterocycles. The highest BCUT2D eigenvalue weighted by Crippen LogP contribution is 2.25. The lowest BCUT2D eigenvalue weighted by Crippen LogP contribution is -2.30. The minimum atomic E-state index is -0.0849. The van der Waals surface area contributed by atoms with Crippen molar-refractivity contribution in [2.75, 3.05) is 25.1 Å². The van der Waals surface area contributed by atoms with Crippen LogP contribution in [0.2, 0.25) is 0 Å². The highest BCUT2D eigenvalue weighted by molar-refractivity contribution is 5.57. The minimum Gasteiger partial charge on any atom is -0.395 e. The predicted octanol–water partition coefficient (Wildman–Crippen LogP) is 2.57. The predicted molar refractivity (Wildman–Crippen MR) is 95.5 cm³/mol. The van der Waals surface area contributed by atoms with Crippen molar-refractivity contribution < 1.29 is 5.11 Å². The summed E-state index contributed by atoms with van der Waals surface area (Å²) in [6, 6.07) is 8.38. The van der Waals surface area contributed by atoms with E-state index < -0.39 is 0 Å².